The number of methoxy groups -OCH3 is 2. The standard InChI is InChI=1S/C21H24N2O4/c1-5-6-16-11-17(12-18(26-3)19(16)27-4)21(25)23-13-14-7-9-15(10-8-14)20(24)22-2/h5,7-12H,1,6,13H2,2-4H3,(H,22,24)(H,23,25). The monoisotopic (exact) mass is 368 g/mol. The van der Waals surface area contributed by atoms with Crippen molar-refractivity contribution in [3.8, 4) is 11.5 Å². The zero-order valence-corrected chi connectivity index (χ0v) is 15.8. The van der Waals surface area contributed by atoms with Gasteiger partial charge in [0.25, 0.3) is 11.8 Å². The van der Waals surface area contributed by atoms with Gasteiger partial charge < -0.3 is 20.1 Å². The molecule has 142 valence electrons. The van der Waals surface area contributed by atoms with Crippen molar-refractivity contribution < 1.29 is 19.1 Å². The largest absolute Gasteiger partial charge is 0.493 e. The number of ether oxygens (including phenoxy) is 2. The molecule has 2 aromatic rings. The van der Waals surface area contributed by atoms with Crippen LogP contribution in [0.4, 0.5) is 0 Å². The summed E-state index contributed by atoms with van der Waals surface area (Å²) in [6, 6.07) is 10.5. The van der Waals surface area contributed by atoms with Crippen LogP contribution in [-0.2, 0) is 13.0 Å². The van der Waals surface area contributed by atoms with Gasteiger partial charge >= 0.3 is 0 Å². The molecule has 2 amide bonds. The smallest absolute Gasteiger partial charge is 0.251 e. The molecule has 2 N–H and O–H groups in total. The van der Waals surface area contributed by atoms with Gasteiger partial charge in [-0.25, -0.2) is 0 Å². The first kappa shape index (κ1) is 20.0. The predicted molar refractivity (Wildman–Crippen MR) is 104 cm³/mol. The summed E-state index contributed by atoms with van der Waals surface area (Å²) in [6.45, 7) is 4.08. The second-order valence-electron chi connectivity index (χ2n) is 5.82. The molecule has 0 aliphatic heterocycles. The van der Waals surface area contributed by atoms with E-state index in [1.165, 1.54) is 7.11 Å². The highest BCUT2D eigenvalue weighted by molar-refractivity contribution is 5.95. The number of hydrogen-bond donors (Lipinski definition) is 2. The van der Waals surface area contributed by atoms with Crippen LogP contribution in [0.5, 0.6) is 11.5 Å². The van der Waals surface area contributed by atoms with Gasteiger partial charge in [-0.2, -0.15) is 0 Å². The summed E-state index contributed by atoms with van der Waals surface area (Å²) >= 11 is 0. The Balaban J connectivity index is 2.14. The van der Waals surface area contributed by atoms with Crippen LogP contribution >= 0.6 is 0 Å². The van der Waals surface area contributed by atoms with E-state index >= 15 is 0 Å². The van der Waals surface area contributed by atoms with Crippen LogP contribution in [-0.4, -0.2) is 33.1 Å². The van der Waals surface area contributed by atoms with Gasteiger partial charge in [0.2, 0.25) is 0 Å². The van der Waals surface area contributed by atoms with Crippen LogP contribution in [0.25, 0.3) is 0 Å². The molecule has 0 fully saturated rings. The molecule has 0 bridgehead atoms. The van der Waals surface area contributed by atoms with Crippen LogP contribution in [0.3, 0.4) is 0 Å². The van der Waals surface area contributed by atoms with Crippen molar-refractivity contribution in [3.05, 3.63) is 71.3 Å². The number of benzene rings is 2. The third-order valence-corrected chi connectivity index (χ3v) is 4.08. The Labute approximate surface area is 159 Å². The lowest BCUT2D eigenvalue weighted by atomic mass is 10.0. The van der Waals surface area contributed by atoms with Crippen LogP contribution < -0.4 is 20.1 Å². The van der Waals surface area contributed by atoms with E-state index in [4.69, 9.17) is 9.47 Å². The molecule has 0 aliphatic rings. The van der Waals surface area contributed by atoms with Crippen LogP contribution in [0.15, 0.2) is 49.1 Å². The summed E-state index contributed by atoms with van der Waals surface area (Å²) in [4.78, 5) is 24.1. The molecule has 0 radical (unpaired) electrons. The Morgan fingerprint density at radius 2 is 1.74 bits per heavy atom. The SMILES string of the molecule is C=CCc1cc(C(=O)NCc2ccc(C(=O)NC)cc2)cc(OC)c1OC. The predicted octanol–water partition coefficient (Wildman–Crippen LogP) is 2.72. The molecular formula is C21H24N2O4. The van der Waals surface area contributed by atoms with Gasteiger partial charge in [-0.3, -0.25) is 9.59 Å². The summed E-state index contributed by atoms with van der Waals surface area (Å²) in [5, 5.41) is 5.44. The number of nitrogens with one attached hydrogen (secondary N) is 2. The number of amides is 2. The topological polar surface area (TPSA) is 76.7 Å². The Morgan fingerprint density at radius 1 is 1.04 bits per heavy atom. The van der Waals surface area contributed by atoms with E-state index in [0.717, 1.165) is 11.1 Å². The highest BCUT2D eigenvalue weighted by Gasteiger charge is 2.15. The van der Waals surface area contributed by atoms with E-state index in [2.05, 4.69) is 17.2 Å². The first-order valence-corrected chi connectivity index (χ1v) is 8.49. The lowest BCUT2D eigenvalue weighted by molar-refractivity contribution is 0.0945. The molecule has 6 heteroatoms. The summed E-state index contributed by atoms with van der Waals surface area (Å²) in [5.41, 5.74) is 2.77. The molecule has 0 saturated heterocycles. The van der Waals surface area contributed by atoms with Gasteiger partial charge in [0.05, 0.1) is 14.2 Å². The maximum atomic E-state index is 12.6. The molecule has 0 aliphatic carbocycles. The summed E-state index contributed by atoms with van der Waals surface area (Å²) in [5.74, 6) is 0.720. The van der Waals surface area contributed by atoms with E-state index < -0.39 is 0 Å². The molecule has 6 nitrogen and oxygen atoms in total. The summed E-state index contributed by atoms with van der Waals surface area (Å²) < 4.78 is 10.7. The van der Waals surface area contributed by atoms with Gasteiger partial charge in [0, 0.05) is 30.3 Å². The molecule has 2 aromatic carbocycles. The van der Waals surface area contributed by atoms with Crippen molar-refractivity contribution in [1.29, 1.82) is 0 Å². The van der Waals surface area contributed by atoms with Crippen molar-refractivity contribution in [2.45, 2.75) is 13.0 Å². The lowest BCUT2D eigenvalue weighted by Crippen LogP contribution is -2.23. The third kappa shape index (κ3) is 4.88. The number of carbonyl (C=O) groups is 2. The van der Waals surface area contributed by atoms with Gasteiger partial charge in [-0.15, -0.1) is 6.58 Å². The first-order valence-electron chi connectivity index (χ1n) is 8.49. The van der Waals surface area contributed by atoms with E-state index in [0.29, 0.717) is 35.6 Å². The molecule has 0 spiro atoms. The minimum Gasteiger partial charge on any atom is -0.493 e. The van der Waals surface area contributed by atoms with Crippen molar-refractivity contribution in [3.63, 3.8) is 0 Å². The Hall–Kier alpha value is -3.28. The second-order valence-corrected chi connectivity index (χ2v) is 5.82. The third-order valence-electron chi connectivity index (χ3n) is 4.08. The van der Waals surface area contributed by atoms with Gasteiger partial charge in [-0.05, 0) is 36.2 Å². The van der Waals surface area contributed by atoms with Gasteiger partial charge in [0.15, 0.2) is 11.5 Å². The first-order chi connectivity index (χ1) is 13.0. The van der Waals surface area contributed by atoms with Crippen LogP contribution in [0.2, 0.25) is 0 Å². The Morgan fingerprint density at radius 3 is 2.30 bits per heavy atom. The fraction of sp³-hybridized carbons (Fsp3) is 0.238. The van der Waals surface area contributed by atoms with Crippen LogP contribution in [0.1, 0.15) is 31.8 Å². The fourth-order valence-electron chi connectivity index (χ4n) is 2.68. The maximum Gasteiger partial charge on any atom is 0.251 e. The average molecular weight is 368 g/mol. The zero-order chi connectivity index (χ0) is 19.8. The van der Waals surface area contributed by atoms with Crippen molar-refractivity contribution >= 4 is 11.8 Å². The highest BCUT2D eigenvalue weighted by Crippen LogP contribution is 2.33. The highest BCUT2D eigenvalue weighted by atomic mass is 16.5. The average Bonchev–Trinajstić information content (AvgIpc) is 2.71. The van der Waals surface area contributed by atoms with Crippen molar-refractivity contribution in [1.82, 2.24) is 10.6 Å². The molecule has 0 saturated carbocycles. The van der Waals surface area contributed by atoms with Gasteiger partial charge in [-0.1, -0.05) is 18.2 Å². The minimum absolute atomic E-state index is 0.148. The quantitative estimate of drug-likeness (QED) is 0.703. The van der Waals surface area contributed by atoms with E-state index in [9.17, 15) is 9.59 Å². The number of carbonyl (C=O) groups excluding carboxylic acids is 2. The number of rotatable bonds is 8. The van der Waals surface area contributed by atoms with Crippen molar-refractivity contribution in [2.75, 3.05) is 21.3 Å². The molecule has 2 rings (SSSR count). The molecule has 0 aromatic heterocycles. The van der Waals surface area contributed by atoms with Gasteiger partial charge in [0.1, 0.15) is 0 Å². The van der Waals surface area contributed by atoms with Crippen molar-refractivity contribution in [2.24, 2.45) is 0 Å². The molecule has 0 atom stereocenters. The van der Waals surface area contributed by atoms with E-state index in [-0.39, 0.29) is 11.8 Å². The second kappa shape index (κ2) is 9.43. The minimum atomic E-state index is -0.225. The fourth-order valence-corrected chi connectivity index (χ4v) is 2.68. The maximum absolute atomic E-state index is 12.6. The normalized spacial score (nSPS) is 10.0. The molecule has 27 heavy (non-hydrogen) atoms. The van der Waals surface area contributed by atoms with Crippen LogP contribution in [0, 0.1) is 0 Å². The molecule has 0 unspecified atom stereocenters. The number of hydrogen-bond acceptors (Lipinski definition) is 4. The zero-order valence-electron chi connectivity index (χ0n) is 15.8. The number of allylic oxidation sites excluding steroid dienone is 1. The van der Waals surface area contributed by atoms with E-state index in [1.54, 1.807) is 44.5 Å². The van der Waals surface area contributed by atoms with E-state index in [1.807, 2.05) is 12.1 Å². The lowest BCUT2D eigenvalue weighted by Gasteiger charge is -2.14. The summed E-state index contributed by atoms with van der Waals surface area (Å²) in [6.07, 6.45) is 2.30. The Bertz CT molecular complexity index is 829. The summed E-state index contributed by atoms with van der Waals surface area (Å²) in [7, 11) is 4.68. The molecular weight excluding hydrogens is 344 g/mol. The molecule has 0 heterocycles. The Kier molecular flexibility index (Phi) is 7.00.